The summed E-state index contributed by atoms with van der Waals surface area (Å²) >= 11 is 0. The maximum absolute atomic E-state index is 12.2. The first-order valence-corrected chi connectivity index (χ1v) is 7.15. The van der Waals surface area contributed by atoms with Crippen molar-refractivity contribution in [2.75, 3.05) is 6.54 Å². The van der Waals surface area contributed by atoms with Crippen molar-refractivity contribution in [3.63, 3.8) is 0 Å². The topological polar surface area (TPSA) is 32.3 Å². The Kier molecular flexibility index (Phi) is 4.25. The molecular weight excluding hydrogens is 236 g/mol. The molecule has 0 spiro atoms. The molecule has 3 heteroatoms. The molecule has 2 rings (SSSR count). The first-order valence-electron chi connectivity index (χ1n) is 7.15. The summed E-state index contributed by atoms with van der Waals surface area (Å²) in [5, 5.41) is 3.35. The summed E-state index contributed by atoms with van der Waals surface area (Å²) in [5.74, 6) is 0.688. The van der Waals surface area contributed by atoms with Crippen LogP contribution in [0.5, 0.6) is 0 Å². The molecule has 1 aromatic carbocycles. The number of hydrogen-bond donors (Lipinski definition) is 1. The molecule has 1 aromatic rings. The molecule has 1 saturated heterocycles. The lowest BCUT2D eigenvalue weighted by molar-refractivity contribution is -0.131. The van der Waals surface area contributed by atoms with Crippen LogP contribution < -0.4 is 5.32 Å². The molecule has 104 valence electrons. The zero-order valence-corrected chi connectivity index (χ0v) is 12.3. The second-order valence-electron chi connectivity index (χ2n) is 5.72. The second kappa shape index (κ2) is 5.74. The lowest BCUT2D eigenvalue weighted by Gasteiger charge is -2.35. The largest absolute Gasteiger partial charge is 0.319 e. The van der Waals surface area contributed by atoms with Crippen LogP contribution in [0.15, 0.2) is 24.3 Å². The smallest absolute Gasteiger partial charge is 0.238 e. The van der Waals surface area contributed by atoms with Crippen molar-refractivity contribution in [1.29, 1.82) is 0 Å². The third kappa shape index (κ3) is 2.81. The Labute approximate surface area is 116 Å². The van der Waals surface area contributed by atoms with E-state index in [1.165, 1.54) is 11.1 Å². The van der Waals surface area contributed by atoms with E-state index in [0.29, 0.717) is 18.5 Å². The number of aryl methyl sites for hydroxylation is 1. The summed E-state index contributed by atoms with van der Waals surface area (Å²) in [6, 6.07) is 8.71. The predicted molar refractivity (Wildman–Crippen MR) is 77.7 cm³/mol. The molecule has 0 aromatic heterocycles. The molecule has 2 atom stereocenters. The van der Waals surface area contributed by atoms with E-state index in [1.54, 1.807) is 0 Å². The van der Waals surface area contributed by atoms with Gasteiger partial charge in [0.25, 0.3) is 0 Å². The van der Waals surface area contributed by atoms with Crippen LogP contribution in [-0.4, -0.2) is 23.4 Å². The molecule has 0 bridgehead atoms. The van der Waals surface area contributed by atoms with E-state index in [1.807, 2.05) is 4.90 Å². The second-order valence-corrected chi connectivity index (χ2v) is 5.72. The first kappa shape index (κ1) is 14.1. The van der Waals surface area contributed by atoms with Crippen molar-refractivity contribution in [3.8, 4) is 0 Å². The van der Waals surface area contributed by atoms with Crippen molar-refractivity contribution in [3.05, 3.63) is 35.4 Å². The van der Waals surface area contributed by atoms with Crippen molar-refractivity contribution in [1.82, 2.24) is 10.2 Å². The Balaban J connectivity index is 2.31. The highest BCUT2D eigenvalue weighted by Gasteiger charge is 2.37. The van der Waals surface area contributed by atoms with Crippen LogP contribution in [0.1, 0.15) is 44.5 Å². The summed E-state index contributed by atoms with van der Waals surface area (Å²) in [7, 11) is 0. The highest BCUT2D eigenvalue weighted by Crippen LogP contribution is 2.29. The van der Waals surface area contributed by atoms with Crippen LogP contribution in [0, 0.1) is 12.8 Å². The van der Waals surface area contributed by atoms with E-state index >= 15 is 0 Å². The van der Waals surface area contributed by atoms with Gasteiger partial charge in [-0.3, -0.25) is 10.1 Å². The molecule has 2 unspecified atom stereocenters. The molecule has 1 fully saturated rings. The number of nitrogens with zero attached hydrogens (tertiary/aromatic N) is 1. The Morgan fingerprint density at radius 1 is 1.42 bits per heavy atom. The Bertz CT molecular complexity index is 456. The van der Waals surface area contributed by atoms with Gasteiger partial charge in [0.15, 0.2) is 0 Å². The van der Waals surface area contributed by atoms with Gasteiger partial charge in [0.2, 0.25) is 5.91 Å². The van der Waals surface area contributed by atoms with Gasteiger partial charge in [-0.25, -0.2) is 0 Å². The van der Waals surface area contributed by atoms with Gasteiger partial charge >= 0.3 is 0 Å². The molecule has 3 nitrogen and oxygen atoms in total. The van der Waals surface area contributed by atoms with Gasteiger partial charge < -0.3 is 4.90 Å². The SMILES string of the molecule is CCC(C(C)C)N1C(=O)CNC1c1cccc(C)c1. The average molecular weight is 260 g/mol. The average Bonchev–Trinajstić information content (AvgIpc) is 2.72. The zero-order valence-electron chi connectivity index (χ0n) is 12.3. The van der Waals surface area contributed by atoms with Gasteiger partial charge in [-0.15, -0.1) is 0 Å². The van der Waals surface area contributed by atoms with E-state index in [-0.39, 0.29) is 12.1 Å². The van der Waals surface area contributed by atoms with Crippen molar-refractivity contribution in [2.45, 2.75) is 46.3 Å². The number of rotatable bonds is 4. The van der Waals surface area contributed by atoms with Crippen molar-refractivity contribution >= 4 is 5.91 Å². The molecule has 1 N–H and O–H groups in total. The summed E-state index contributed by atoms with van der Waals surface area (Å²) < 4.78 is 0. The van der Waals surface area contributed by atoms with Crippen LogP contribution in [0.2, 0.25) is 0 Å². The van der Waals surface area contributed by atoms with Gasteiger partial charge in [0.1, 0.15) is 6.17 Å². The van der Waals surface area contributed by atoms with Crippen LogP contribution in [0.25, 0.3) is 0 Å². The van der Waals surface area contributed by atoms with Gasteiger partial charge in [0, 0.05) is 6.04 Å². The van der Waals surface area contributed by atoms with Gasteiger partial charge in [-0.05, 0) is 24.8 Å². The maximum Gasteiger partial charge on any atom is 0.238 e. The summed E-state index contributed by atoms with van der Waals surface area (Å²) in [4.78, 5) is 14.3. The molecule has 1 amide bonds. The first-order chi connectivity index (χ1) is 9.04. The van der Waals surface area contributed by atoms with E-state index in [4.69, 9.17) is 0 Å². The highest BCUT2D eigenvalue weighted by atomic mass is 16.2. The number of nitrogens with one attached hydrogen (secondary N) is 1. The number of carbonyl (C=O) groups excluding carboxylic acids is 1. The quantitative estimate of drug-likeness (QED) is 0.903. The Hall–Kier alpha value is -1.35. The van der Waals surface area contributed by atoms with E-state index in [2.05, 4.69) is 57.3 Å². The normalized spacial score (nSPS) is 21.2. The van der Waals surface area contributed by atoms with Crippen LogP contribution in [0.3, 0.4) is 0 Å². The fourth-order valence-electron chi connectivity index (χ4n) is 3.00. The van der Waals surface area contributed by atoms with Crippen LogP contribution >= 0.6 is 0 Å². The maximum atomic E-state index is 12.2. The number of hydrogen-bond acceptors (Lipinski definition) is 2. The Morgan fingerprint density at radius 2 is 2.16 bits per heavy atom. The minimum atomic E-state index is 0.0275. The molecular formula is C16H24N2O. The fraction of sp³-hybridized carbons (Fsp3) is 0.562. The number of carbonyl (C=O) groups is 1. The van der Waals surface area contributed by atoms with Gasteiger partial charge in [0.05, 0.1) is 6.54 Å². The predicted octanol–water partition coefficient (Wildman–Crippen LogP) is 2.86. The van der Waals surface area contributed by atoms with Crippen molar-refractivity contribution in [2.24, 2.45) is 5.92 Å². The lowest BCUT2D eigenvalue weighted by Crippen LogP contribution is -2.42. The summed E-state index contributed by atoms with van der Waals surface area (Å²) in [5.41, 5.74) is 2.42. The molecule has 0 saturated carbocycles. The molecule has 0 radical (unpaired) electrons. The molecule has 1 aliphatic rings. The van der Waals surface area contributed by atoms with Crippen LogP contribution in [-0.2, 0) is 4.79 Å². The third-order valence-corrected chi connectivity index (χ3v) is 3.92. The minimum absolute atomic E-state index is 0.0275. The molecule has 1 heterocycles. The lowest BCUT2D eigenvalue weighted by atomic mass is 9.98. The van der Waals surface area contributed by atoms with Crippen LogP contribution in [0.4, 0.5) is 0 Å². The Morgan fingerprint density at radius 3 is 2.74 bits per heavy atom. The summed E-state index contributed by atoms with van der Waals surface area (Å²) in [6.07, 6.45) is 1.02. The van der Waals surface area contributed by atoms with E-state index in [9.17, 15) is 4.79 Å². The summed E-state index contributed by atoms with van der Waals surface area (Å²) in [6.45, 7) is 9.07. The minimum Gasteiger partial charge on any atom is -0.319 e. The molecule has 1 aliphatic heterocycles. The molecule has 19 heavy (non-hydrogen) atoms. The monoisotopic (exact) mass is 260 g/mol. The highest BCUT2D eigenvalue weighted by molar-refractivity contribution is 5.81. The number of benzene rings is 1. The van der Waals surface area contributed by atoms with Gasteiger partial charge in [-0.1, -0.05) is 50.6 Å². The number of amides is 1. The third-order valence-electron chi connectivity index (χ3n) is 3.92. The zero-order chi connectivity index (χ0) is 14.0. The van der Waals surface area contributed by atoms with E-state index in [0.717, 1.165) is 6.42 Å². The fourth-order valence-corrected chi connectivity index (χ4v) is 3.00. The van der Waals surface area contributed by atoms with Gasteiger partial charge in [-0.2, -0.15) is 0 Å². The van der Waals surface area contributed by atoms with Crippen molar-refractivity contribution < 1.29 is 4.79 Å². The van der Waals surface area contributed by atoms with E-state index < -0.39 is 0 Å². The standard InChI is InChI=1S/C16H24N2O/c1-5-14(11(2)3)18-15(19)10-17-16(18)13-8-6-7-12(4)9-13/h6-9,11,14,16-17H,5,10H2,1-4H3. The molecule has 0 aliphatic carbocycles.